The molecule has 0 amide bonds. The monoisotopic (exact) mass is 282 g/mol. The van der Waals surface area contributed by atoms with Gasteiger partial charge in [-0.1, -0.05) is 94.2 Å². The second-order valence-corrected chi connectivity index (χ2v) is 12.5. The minimum atomic E-state index is -1.40. The van der Waals surface area contributed by atoms with E-state index in [9.17, 15) is 0 Å². The van der Waals surface area contributed by atoms with E-state index in [0.717, 1.165) is 0 Å². The molecule has 106 valence electrons. The van der Waals surface area contributed by atoms with Gasteiger partial charge in [0.2, 0.25) is 0 Å². The summed E-state index contributed by atoms with van der Waals surface area (Å²) < 4.78 is 0. The quantitative estimate of drug-likeness (QED) is 0.638. The van der Waals surface area contributed by atoms with Crippen molar-refractivity contribution in [2.24, 2.45) is 0 Å². The molecule has 0 aromatic heterocycles. The van der Waals surface area contributed by atoms with Gasteiger partial charge in [0.15, 0.2) is 0 Å². The third-order valence-electron chi connectivity index (χ3n) is 5.10. The van der Waals surface area contributed by atoms with Gasteiger partial charge in [0, 0.05) is 0 Å². The Bertz CT molecular complexity index is 539. The first kappa shape index (κ1) is 15.1. The van der Waals surface area contributed by atoms with Gasteiger partial charge in [-0.05, 0) is 22.1 Å². The van der Waals surface area contributed by atoms with Crippen LogP contribution >= 0.6 is 0 Å². The number of rotatable bonds is 4. The molecule has 0 fully saturated rings. The highest BCUT2D eigenvalue weighted by Crippen LogP contribution is 2.45. The van der Waals surface area contributed by atoms with Crippen molar-refractivity contribution >= 4 is 8.07 Å². The van der Waals surface area contributed by atoms with Crippen molar-refractivity contribution in [1.29, 1.82) is 0 Å². The van der Waals surface area contributed by atoms with Crippen molar-refractivity contribution < 1.29 is 0 Å². The van der Waals surface area contributed by atoms with Crippen molar-refractivity contribution in [2.45, 2.75) is 44.4 Å². The zero-order chi connectivity index (χ0) is 14.8. The molecule has 2 rings (SSSR count). The summed E-state index contributed by atoms with van der Waals surface area (Å²) in [7, 11) is -1.40. The molecule has 2 aromatic rings. The van der Waals surface area contributed by atoms with E-state index in [4.69, 9.17) is 0 Å². The molecule has 0 heterocycles. The average Bonchev–Trinajstić information content (AvgIpc) is 2.46. The van der Waals surface area contributed by atoms with Crippen LogP contribution in [-0.2, 0) is 5.04 Å². The van der Waals surface area contributed by atoms with Crippen LogP contribution in [-0.4, -0.2) is 8.07 Å². The summed E-state index contributed by atoms with van der Waals surface area (Å²) in [6.07, 6.45) is 0. The van der Waals surface area contributed by atoms with Gasteiger partial charge in [-0.3, -0.25) is 0 Å². The van der Waals surface area contributed by atoms with E-state index in [1.165, 1.54) is 11.1 Å². The maximum Gasteiger partial charge on any atom is 0.0561 e. The van der Waals surface area contributed by atoms with Gasteiger partial charge in [0.1, 0.15) is 0 Å². The zero-order valence-electron chi connectivity index (χ0n) is 13.4. The Morgan fingerprint density at radius 1 is 0.800 bits per heavy atom. The van der Waals surface area contributed by atoms with E-state index in [0.29, 0.717) is 5.92 Å². The standard InChI is InChI=1S/C19H26Si/c1-16(17-12-8-6-9-13-17)19(2,20(3,4)5)18-14-10-7-11-15-18/h6-16H,1-5H3. The van der Waals surface area contributed by atoms with Crippen molar-refractivity contribution in [3.05, 3.63) is 71.8 Å². The Morgan fingerprint density at radius 2 is 1.25 bits per heavy atom. The van der Waals surface area contributed by atoms with E-state index in [2.05, 4.69) is 94.2 Å². The highest BCUT2D eigenvalue weighted by atomic mass is 28.3. The fourth-order valence-corrected chi connectivity index (χ4v) is 5.69. The van der Waals surface area contributed by atoms with E-state index < -0.39 is 8.07 Å². The molecular formula is C19H26Si. The first-order chi connectivity index (χ1) is 9.37. The molecule has 0 saturated heterocycles. The lowest BCUT2D eigenvalue weighted by Crippen LogP contribution is -2.50. The number of benzene rings is 2. The lowest BCUT2D eigenvalue weighted by atomic mass is 9.83. The summed E-state index contributed by atoms with van der Waals surface area (Å²) >= 11 is 0. The van der Waals surface area contributed by atoms with Gasteiger partial charge in [-0.25, -0.2) is 0 Å². The molecule has 0 spiro atoms. The van der Waals surface area contributed by atoms with Crippen LogP contribution in [0.2, 0.25) is 19.6 Å². The van der Waals surface area contributed by atoms with Crippen LogP contribution in [0.1, 0.15) is 30.9 Å². The fourth-order valence-electron chi connectivity index (χ4n) is 3.19. The van der Waals surface area contributed by atoms with E-state index in [1.807, 2.05) is 0 Å². The molecular weight excluding hydrogens is 256 g/mol. The van der Waals surface area contributed by atoms with Gasteiger partial charge >= 0.3 is 0 Å². The summed E-state index contributed by atoms with van der Waals surface area (Å²) in [4.78, 5) is 0. The van der Waals surface area contributed by atoms with Crippen molar-refractivity contribution in [2.75, 3.05) is 0 Å². The van der Waals surface area contributed by atoms with Crippen LogP contribution in [0.15, 0.2) is 60.7 Å². The fraction of sp³-hybridized carbons (Fsp3) is 0.368. The van der Waals surface area contributed by atoms with Crippen LogP contribution in [0.3, 0.4) is 0 Å². The smallest absolute Gasteiger partial charge is 0.0561 e. The van der Waals surface area contributed by atoms with Crippen LogP contribution in [0.5, 0.6) is 0 Å². The van der Waals surface area contributed by atoms with Crippen molar-refractivity contribution in [3.63, 3.8) is 0 Å². The second-order valence-electron chi connectivity index (χ2n) is 6.95. The molecule has 0 saturated carbocycles. The molecule has 0 N–H and O–H groups in total. The van der Waals surface area contributed by atoms with Crippen molar-refractivity contribution in [1.82, 2.24) is 0 Å². The highest BCUT2D eigenvalue weighted by molar-refractivity contribution is 6.79. The SMILES string of the molecule is CC(c1ccccc1)C(C)(c1ccccc1)[Si](C)(C)C. The third kappa shape index (κ3) is 2.60. The molecule has 0 bridgehead atoms. The van der Waals surface area contributed by atoms with Crippen LogP contribution in [0.25, 0.3) is 0 Å². The summed E-state index contributed by atoms with van der Waals surface area (Å²) in [5.41, 5.74) is 2.93. The lowest BCUT2D eigenvalue weighted by molar-refractivity contribution is 0.528. The van der Waals surface area contributed by atoms with Crippen LogP contribution < -0.4 is 0 Å². The molecule has 1 heteroatoms. The van der Waals surface area contributed by atoms with Gasteiger partial charge < -0.3 is 0 Å². The number of hydrogen-bond donors (Lipinski definition) is 0. The second kappa shape index (κ2) is 5.57. The zero-order valence-corrected chi connectivity index (χ0v) is 14.4. The molecule has 0 nitrogen and oxygen atoms in total. The predicted molar refractivity (Wildman–Crippen MR) is 92.0 cm³/mol. The minimum Gasteiger partial charge on any atom is -0.0689 e. The van der Waals surface area contributed by atoms with Crippen LogP contribution in [0, 0.1) is 0 Å². The first-order valence-corrected chi connectivity index (χ1v) is 11.0. The normalized spacial score (nSPS) is 16.4. The molecule has 0 aliphatic rings. The molecule has 2 unspecified atom stereocenters. The predicted octanol–water partition coefficient (Wildman–Crippen LogP) is 5.63. The third-order valence-corrected chi connectivity index (χ3v) is 8.93. The molecule has 0 aliphatic carbocycles. The van der Waals surface area contributed by atoms with E-state index >= 15 is 0 Å². The van der Waals surface area contributed by atoms with Gasteiger partial charge in [-0.2, -0.15) is 0 Å². The summed E-state index contributed by atoms with van der Waals surface area (Å²) in [5.74, 6) is 0.526. The highest BCUT2D eigenvalue weighted by Gasteiger charge is 2.45. The first-order valence-electron chi connectivity index (χ1n) is 7.48. The Hall–Kier alpha value is -1.34. The Balaban J connectivity index is 2.54. The Morgan fingerprint density at radius 3 is 1.70 bits per heavy atom. The molecule has 0 aliphatic heterocycles. The average molecular weight is 283 g/mol. The van der Waals surface area contributed by atoms with E-state index in [-0.39, 0.29) is 5.04 Å². The summed E-state index contributed by atoms with van der Waals surface area (Å²) in [5, 5.41) is 0.232. The summed E-state index contributed by atoms with van der Waals surface area (Å²) in [6, 6.07) is 22.0. The van der Waals surface area contributed by atoms with Gasteiger partial charge in [0.25, 0.3) is 0 Å². The Labute approximate surface area is 124 Å². The van der Waals surface area contributed by atoms with Gasteiger partial charge in [-0.15, -0.1) is 0 Å². The van der Waals surface area contributed by atoms with Crippen molar-refractivity contribution in [3.8, 4) is 0 Å². The van der Waals surface area contributed by atoms with Crippen LogP contribution in [0.4, 0.5) is 0 Å². The maximum absolute atomic E-state index is 2.49. The minimum absolute atomic E-state index is 0.232. The molecule has 20 heavy (non-hydrogen) atoms. The molecule has 2 atom stereocenters. The summed E-state index contributed by atoms with van der Waals surface area (Å²) in [6.45, 7) is 12.3. The lowest BCUT2D eigenvalue weighted by Gasteiger charge is -2.46. The topological polar surface area (TPSA) is 0 Å². The van der Waals surface area contributed by atoms with Gasteiger partial charge in [0.05, 0.1) is 8.07 Å². The number of hydrogen-bond acceptors (Lipinski definition) is 0. The largest absolute Gasteiger partial charge is 0.0689 e. The van der Waals surface area contributed by atoms with E-state index in [1.54, 1.807) is 0 Å². The molecule has 0 radical (unpaired) electrons. The maximum atomic E-state index is 2.49. The molecule has 2 aromatic carbocycles. The Kier molecular flexibility index (Phi) is 4.19.